The molecule has 1 aliphatic heterocycles. The fourth-order valence-corrected chi connectivity index (χ4v) is 3.14. The fourth-order valence-electron chi connectivity index (χ4n) is 3.14. The van der Waals surface area contributed by atoms with Crippen molar-refractivity contribution < 1.29 is 14.4 Å². The third-order valence-electron chi connectivity index (χ3n) is 5.44. The fraction of sp³-hybridized carbons (Fsp3) is 0.655. The lowest BCUT2D eigenvalue weighted by molar-refractivity contribution is -0.130. The van der Waals surface area contributed by atoms with E-state index >= 15 is 0 Å². The summed E-state index contributed by atoms with van der Waals surface area (Å²) in [6.45, 7) is 10.9. The SMILES string of the molecule is CCC(CC)=NN.CCCC(=O)NC.CCCCNC=O.CN.O=C(CCc1ccccc1)N1CCCC1. The van der Waals surface area contributed by atoms with Gasteiger partial charge in [0.1, 0.15) is 0 Å². The number of nitrogens with one attached hydrogen (secondary N) is 2. The third-order valence-corrected chi connectivity index (χ3v) is 5.44. The molecule has 0 unspecified atom stereocenters. The van der Waals surface area contributed by atoms with Crippen molar-refractivity contribution in [3.05, 3.63) is 35.9 Å². The molecule has 0 saturated carbocycles. The second-order valence-electron chi connectivity index (χ2n) is 8.32. The Morgan fingerprint density at radius 3 is 1.92 bits per heavy atom. The first-order chi connectivity index (χ1) is 18.4. The normalized spacial score (nSPS) is 10.9. The molecule has 3 amide bonds. The number of carbonyl (C=O) groups is 3. The minimum Gasteiger partial charge on any atom is -0.359 e. The first kappa shape index (κ1) is 39.6. The molecule has 0 spiro atoms. The molecule has 1 heterocycles. The average Bonchev–Trinajstić information content (AvgIpc) is 3.51. The number of carbonyl (C=O) groups excluding carboxylic acids is 3. The maximum atomic E-state index is 11.7. The third kappa shape index (κ3) is 26.1. The summed E-state index contributed by atoms with van der Waals surface area (Å²) in [7, 11) is 3.15. The van der Waals surface area contributed by atoms with Gasteiger partial charge in [-0.15, -0.1) is 0 Å². The number of aryl methyl sites for hydroxylation is 1. The van der Waals surface area contributed by atoms with Gasteiger partial charge in [0.25, 0.3) is 0 Å². The molecule has 0 atom stereocenters. The van der Waals surface area contributed by atoms with Gasteiger partial charge in [-0.25, -0.2) is 0 Å². The number of rotatable bonds is 11. The molecule has 1 fully saturated rings. The highest BCUT2D eigenvalue weighted by atomic mass is 16.2. The molecule has 0 aliphatic carbocycles. The first-order valence-corrected chi connectivity index (χ1v) is 14.0. The summed E-state index contributed by atoms with van der Waals surface area (Å²) in [6.07, 6.45) is 10.4. The Morgan fingerprint density at radius 1 is 0.974 bits per heavy atom. The van der Waals surface area contributed by atoms with Crippen LogP contribution in [0.4, 0.5) is 0 Å². The molecule has 220 valence electrons. The Hall–Kier alpha value is -2.94. The second kappa shape index (κ2) is 32.1. The van der Waals surface area contributed by atoms with Gasteiger partial charge in [-0.2, -0.15) is 5.10 Å². The van der Waals surface area contributed by atoms with Crippen molar-refractivity contribution >= 4 is 23.9 Å². The van der Waals surface area contributed by atoms with Crippen molar-refractivity contribution in [1.82, 2.24) is 15.5 Å². The maximum Gasteiger partial charge on any atom is 0.222 e. The maximum absolute atomic E-state index is 11.7. The largest absolute Gasteiger partial charge is 0.359 e. The van der Waals surface area contributed by atoms with Gasteiger partial charge in [0.05, 0.1) is 0 Å². The van der Waals surface area contributed by atoms with E-state index < -0.39 is 0 Å². The zero-order valence-corrected chi connectivity index (χ0v) is 24.9. The lowest BCUT2D eigenvalue weighted by Gasteiger charge is -2.14. The Bertz CT molecular complexity index is 687. The minimum atomic E-state index is 0.127. The van der Waals surface area contributed by atoms with Crippen LogP contribution >= 0.6 is 0 Å². The van der Waals surface area contributed by atoms with Crippen LogP contribution in [0.2, 0.25) is 0 Å². The summed E-state index contributed by atoms with van der Waals surface area (Å²) in [4.78, 5) is 33.6. The number of likely N-dealkylation sites (tertiary alicyclic amines) is 1. The minimum absolute atomic E-state index is 0.127. The van der Waals surface area contributed by atoms with E-state index in [9.17, 15) is 14.4 Å². The van der Waals surface area contributed by atoms with Crippen LogP contribution in [0.1, 0.15) is 91.0 Å². The second-order valence-corrected chi connectivity index (χ2v) is 8.32. The van der Waals surface area contributed by atoms with Crippen molar-refractivity contribution in [2.45, 2.75) is 91.9 Å². The van der Waals surface area contributed by atoms with Crippen molar-refractivity contribution in [1.29, 1.82) is 0 Å². The van der Waals surface area contributed by atoms with Crippen LogP contribution < -0.4 is 22.2 Å². The van der Waals surface area contributed by atoms with Crippen molar-refractivity contribution in [3.63, 3.8) is 0 Å². The highest BCUT2D eigenvalue weighted by Crippen LogP contribution is 2.11. The molecule has 2 rings (SSSR count). The van der Waals surface area contributed by atoms with Gasteiger partial charge in [-0.1, -0.05) is 64.4 Å². The Labute approximate surface area is 232 Å². The molecular weight excluding hydrogens is 480 g/mol. The summed E-state index contributed by atoms with van der Waals surface area (Å²) in [6, 6.07) is 10.2. The van der Waals surface area contributed by atoms with Gasteiger partial charge in [0, 0.05) is 45.2 Å². The zero-order chi connectivity index (χ0) is 29.4. The number of nitrogens with zero attached hydrogens (tertiary/aromatic N) is 2. The molecular formula is C29H56N6O3. The molecule has 38 heavy (non-hydrogen) atoms. The smallest absolute Gasteiger partial charge is 0.222 e. The lowest BCUT2D eigenvalue weighted by Crippen LogP contribution is -2.27. The molecule has 9 nitrogen and oxygen atoms in total. The number of nitrogens with two attached hydrogens (primary N) is 2. The molecule has 0 aromatic heterocycles. The van der Waals surface area contributed by atoms with E-state index in [-0.39, 0.29) is 5.91 Å². The van der Waals surface area contributed by atoms with Gasteiger partial charge in [-0.05, 0) is 57.6 Å². The summed E-state index contributed by atoms with van der Waals surface area (Å²) in [5.74, 6) is 5.43. The standard InChI is InChI=1S/C13H17NO.C5H12N2.2C5H11NO.CH5N/c15-13(14-10-4-5-11-14)9-8-12-6-2-1-3-7-12;1-3-5(4-2)7-6;1-3-4-5(7)6-2;1-2-3-4-6-5-7;1-2/h1-3,6-7H,4-5,8-11H2;3-4,6H2,1-2H3;3-4H2,1-2H3,(H,6,7);5H,2-4H2,1H3,(H,6,7);2H2,1H3. The molecule has 6 N–H and O–H groups in total. The Kier molecular flexibility index (Phi) is 33.4. The van der Waals surface area contributed by atoms with Gasteiger partial charge in [0.15, 0.2) is 0 Å². The monoisotopic (exact) mass is 536 g/mol. The molecule has 1 saturated heterocycles. The summed E-state index contributed by atoms with van der Waals surface area (Å²) in [5.41, 5.74) is 6.84. The van der Waals surface area contributed by atoms with Gasteiger partial charge < -0.3 is 27.1 Å². The molecule has 9 heteroatoms. The summed E-state index contributed by atoms with van der Waals surface area (Å²) in [5, 5.41) is 8.64. The highest BCUT2D eigenvalue weighted by Gasteiger charge is 2.16. The van der Waals surface area contributed by atoms with E-state index in [0.717, 1.165) is 70.3 Å². The number of hydrazone groups is 1. The van der Waals surface area contributed by atoms with Crippen LogP contribution in [0.3, 0.4) is 0 Å². The van der Waals surface area contributed by atoms with E-state index in [1.165, 1.54) is 25.5 Å². The van der Waals surface area contributed by atoms with E-state index in [2.05, 4.69) is 54.4 Å². The van der Waals surface area contributed by atoms with Gasteiger partial charge in [0.2, 0.25) is 18.2 Å². The van der Waals surface area contributed by atoms with Crippen LogP contribution in [0.25, 0.3) is 0 Å². The van der Waals surface area contributed by atoms with Gasteiger partial charge >= 0.3 is 0 Å². The number of hydrogen-bond donors (Lipinski definition) is 4. The number of hydrogen-bond acceptors (Lipinski definition) is 6. The van der Waals surface area contributed by atoms with Crippen molar-refractivity contribution in [2.24, 2.45) is 16.7 Å². The predicted molar refractivity (Wildman–Crippen MR) is 161 cm³/mol. The molecule has 0 radical (unpaired) electrons. The van der Waals surface area contributed by atoms with Crippen molar-refractivity contribution in [2.75, 3.05) is 33.7 Å². The number of amides is 3. The van der Waals surface area contributed by atoms with Crippen LogP contribution in [-0.2, 0) is 20.8 Å². The molecule has 1 aliphatic rings. The Balaban J connectivity index is -0.000000456. The number of benzene rings is 1. The van der Waals surface area contributed by atoms with E-state index in [1.54, 1.807) is 7.05 Å². The first-order valence-electron chi connectivity index (χ1n) is 14.0. The van der Waals surface area contributed by atoms with Crippen LogP contribution in [0, 0.1) is 0 Å². The molecule has 0 bridgehead atoms. The zero-order valence-electron chi connectivity index (χ0n) is 24.9. The van der Waals surface area contributed by atoms with Gasteiger partial charge in [-0.3, -0.25) is 14.4 Å². The summed E-state index contributed by atoms with van der Waals surface area (Å²) < 4.78 is 0. The Morgan fingerprint density at radius 2 is 1.55 bits per heavy atom. The number of unbranched alkanes of at least 4 members (excludes halogenated alkanes) is 1. The lowest BCUT2D eigenvalue weighted by atomic mass is 10.1. The van der Waals surface area contributed by atoms with E-state index in [4.69, 9.17) is 5.84 Å². The topological polar surface area (TPSA) is 143 Å². The predicted octanol–water partition coefficient (Wildman–Crippen LogP) is 4.00. The quantitative estimate of drug-likeness (QED) is 0.111. The van der Waals surface area contributed by atoms with E-state index in [0.29, 0.717) is 18.7 Å². The summed E-state index contributed by atoms with van der Waals surface area (Å²) >= 11 is 0. The van der Waals surface area contributed by atoms with Crippen LogP contribution in [0.5, 0.6) is 0 Å². The van der Waals surface area contributed by atoms with Crippen molar-refractivity contribution in [3.8, 4) is 0 Å². The van der Waals surface area contributed by atoms with Crippen LogP contribution in [0.15, 0.2) is 35.4 Å². The molecule has 1 aromatic rings. The van der Waals surface area contributed by atoms with E-state index in [1.807, 2.05) is 30.0 Å². The van der Waals surface area contributed by atoms with Crippen LogP contribution in [-0.4, -0.2) is 62.6 Å². The molecule has 1 aromatic carbocycles. The highest BCUT2D eigenvalue weighted by molar-refractivity contribution is 5.83. The average molecular weight is 537 g/mol.